The number of para-hydroxylation sites is 1. The van der Waals surface area contributed by atoms with Crippen LogP contribution < -0.4 is 15.6 Å². The lowest BCUT2D eigenvalue weighted by Crippen LogP contribution is -2.23. The minimum Gasteiger partial charge on any atom is -0.316 e. The second kappa shape index (κ2) is 9.03. The van der Waals surface area contributed by atoms with Crippen LogP contribution in [0.4, 0.5) is 11.4 Å². The van der Waals surface area contributed by atoms with E-state index >= 15 is 0 Å². The topological polar surface area (TPSA) is 102 Å². The van der Waals surface area contributed by atoms with E-state index < -0.39 is 15.9 Å². The molecule has 0 saturated heterocycles. The van der Waals surface area contributed by atoms with E-state index in [0.717, 1.165) is 5.56 Å². The molecule has 4 rings (SSSR count). The van der Waals surface area contributed by atoms with Gasteiger partial charge in [-0.2, -0.15) is 0 Å². The minimum absolute atomic E-state index is 0.147. The SMILES string of the molecule is Cc1ccc(S(=O)(=O)Nc2ccc(C(=O)Nc3c(C)n(C)n(-c4ccccc4)c3=O)cc2)cc1. The molecule has 0 spiro atoms. The lowest BCUT2D eigenvalue weighted by Gasteiger charge is -2.09. The number of benzene rings is 3. The van der Waals surface area contributed by atoms with Crippen molar-refractivity contribution in [2.75, 3.05) is 10.0 Å². The molecule has 1 heterocycles. The van der Waals surface area contributed by atoms with E-state index in [1.54, 1.807) is 30.8 Å². The normalized spacial score (nSPS) is 11.3. The summed E-state index contributed by atoms with van der Waals surface area (Å²) in [6.07, 6.45) is 0. The number of carbonyl (C=O) groups is 1. The number of aryl methyl sites for hydroxylation is 1. The van der Waals surface area contributed by atoms with Crippen molar-refractivity contribution in [1.82, 2.24) is 9.36 Å². The number of nitrogens with one attached hydrogen (secondary N) is 2. The lowest BCUT2D eigenvalue weighted by molar-refractivity contribution is 0.102. The van der Waals surface area contributed by atoms with E-state index in [0.29, 0.717) is 17.1 Å². The van der Waals surface area contributed by atoms with Gasteiger partial charge in [0, 0.05) is 18.3 Å². The van der Waals surface area contributed by atoms with Gasteiger partial charge in [0.2, 0.25) is 0 Å². The molecular formula is C25H24N4O4S. The molecule has 0 fully saturated rings. The predicted molar refractivity (Wildman–Crippen MR) is 132 cm³/mol. The molecule has 1 aromatic heterocycles. The molecule has 0 atom stereocenters. The van der Waals surface area contributed by atoms with Crippen molar-refractivity contribution >= 4 is 27.3 Å². The van der Waals surface area contributed by atoms with Gasteiger partial charge in [0.05, 0.1) is 16.3 Å². The zero-order valence-electron chi connectivity index (χ0n) is 18.9. The summed E-state index contributed by atoms with van der Waals surface area (Å²) in [6.45, 7) is 3.63. The summed E-state index contributed by atoms with van der Waals surface area (Å²) in [4.78, 5) is 26.0. The number of amides is 1. The molecule has 9 heteroatoms. The van der Waals surface area contributed by atoms with E-state index in [1.807, 2.05) is 37.3 Å². The Morgan fingerprint density at radius 1 is 0.853 bits per heavy atom. The highest BCUT2D eigenvalue weighted by Crippen LogP contribution is 2.19. The van der Waals surface area contributed by atoms with E-state index in [4.69, 9.17) is 0 Å². The summed E-state index contributed by atoms with van der Waals surface area (Å²) in [5.74, 6) is -0.473. The van der Waals surface area contributed by atoms with Crippen molar-refractivity contribution in [3.05, 3.63) is 106 Å². The second-order valence-electron chi connectivity index (χ2n) is 7.89. The van der Waals surface area contributed by atoms with Gasteiger partial charge in [-0.05, 0) is 62.4 Å². The fourth-order valence-corrected chi connectivity index (χ4v) is 4.58. The molecule has 4 aromatic rings. The molecule has 1 amide bonds. The van der Waals surface area contributed by atoms with Crippen molar-refractivity contribution < 1.29 is 13.2 Å². The standard InChI is InChI=1S/C25H24N4O4S/c1-17-9-15-22(16-10-17)34(32,33)27-20-13-11-19(12-14-20)24(30)26-23-18(2)28(3)29(25(23)31)21-7-5-4-6-8-21/h4-16,27H,1-3H3,(H,26,30). The van der Waals surface area contributed by atoms with Gasteiger partial charge in [0.1, 0.15) is 5.69 Å². The van der Waals surface area contributed by atoms with Crippen LogP contribution in [0.2, 0.25) is 0 Å². The number of anilines is 2. The number of rotatable bonds is 6. The van der Waals surface area contributed by atoms with E-state index in [1.165, 1.54) is 41.1 Å². The van der Waals surface area contributed by atoms with E-state index in [9.17, 15) is 18.0 Å². The fraction of sp³-hybridized carbons (Fsp3) is 0.120. The zero-order chi connectivity index (χ0) is 24.5. The van der Waals surface area contributed by atoms with Gasteiger partial charge in [-0.1, -0.05) is 35.9 Å². The van der Waals surface area contributed by atoms with Gasteiger partial charge in [0.15, 0.2) is 0 Å². The Labute approximate surface area is 197 Å². The van der Waals surface area contributed by atoms with Crippen molar-refractivity contribution in [1.29, 1.82) is 0 Å². The molecule has 0 saturated carbocycles. The van der Waals surface area contributed by atoms with Crippen LogP contribution in [0.1, 0.15) is 21.6 Å². The smallest absolute Gasteiger partial charge is 0.295 e. The Bertz CT molecular complexity index is 1500. The lowest BCUT2D eigenvalue weighted by atomic mass is 10.2. The van der Waals surface area contributed by atoms with Gasteiger partial charge < -0.3 is 5.32 Å². The number of sulfonamides is 1. The van der Waals surface area contributed by atoms with Crippen LogP contribution in [0.3, 0.4) is 0 Å². The van der Waals surface area contributed by atoms with Crippen molar-refractivity contribution in [2.24, 2.45) is 7.05 Å². The van der Waals surface area contributed by atoms with Crippen LogP contribution in [0.25, 0.3) is 5.69 Å². The third-order valence-corrected chi connectivity index (χ3v) is 6.92. The first kappa shape index (κ1) is 23.1. The number of nitrogens with zero attached hydrogens (tertiary/aromatic N) is 2. The van der Waals surface area contributed by atoms with E-state index in [2.05, 4.69) is 10.0 Å². The van der Waals surface area contributed by atoms with Crippen molar-refractivity contribution in [3.63, 3.8) is 0 Å². The fourth-order valence-electron chi connectivity index (χ4n) is 3.52. The van der Waals surface area contributed by atoms with Gasteiger partial charge in [-0.25, -0.2) is 13.1 Å². The van der Waals surface area contributed by atoms with Crippen LogP contribution >= 0.6 is 0 Å². The highest BCUT2D eigenvalue weighted by atomic mass is 32.2. The molecule has 0 aliphatic carbocycles. The molecule has 0 unspecified atom stereocenters. The first-order chi connectivity index (χ1) is 16.2. The maximum atomic E-state index is 13.0. The molecule has 0 radical (unpaired) electrons. The van der Waals surface area contributed by atoms with Crippen LogP contribution in [0, 0.1) is 13.8 Å². The monoisotopic (exact) mass is 476 g/mol. The Hall–Kier alpha value is -4.11. The molecule has 8 nitrogen and oxygen atoms in total. The Kier molecular flexibility index (Phi) is 6.12. The Morgan fingerprint density at radius 2 is 1.47 bits per heavy atom. The van der Waals surface area contributed by atoms with Crippen molar-refractivity contribution in [3.8, 4) is 5.69 Å². The van der Waals surface area contributed by atoms with Crippen LogP contribution in [0.15, 0.2) is 88.6 Å². The molecule has 34 heavy (non-hydrogen) atoms. The third-order valence-electron chi connectivity index (χ3n) is 5.52. The largest absolute Gasteiger partial charge is 0.316 e. The summed E-state index contributed by atoms with van der Waals surface area (Å²) < 4.78 is 30.8. The summed E-state index contributed by atoms with van der Waals surface area (Å²) >= 11 is 0. The first-order valence-corrected chi connectivity index (χ1v) is 12.0. The number of hydrogen-bond acceptors (Lipinski definition) is 4. The van der Waals surface area contributed by atoms with Crippen LogP contribution in [-0.4, -0.2) is 23.7 Å². The molecule has 0 aliphatic rings. The number of hydrogen-bond donors (Lipinski definition) is 2. The molecular weight excluding hydrogens is 452 g/mol. The molecule has 0 bridgehead atoms. The van der Waals surface area contributed by atoms with Gasteiger partial charge >= 0.3 is 0 Å². The molecule has 0 aliphatic heterocycles. The molecule has 2 N–H and O–H groups in total. The number of aromatic nitrogens is 2. The molecule has 3 aromatic carbocycles. The van der Waals surface area contributed by atoms with Gasteiger partial charge in [-0.15, -0.1) is 0 Å². The molecule has 174 valence electrons. The summed E-state index contributed by atoms with van der Waals surface area (Å²) in [5.41, 5.74) is 2.68. The van der Waals surface area contributed by atoms with Crippen LogP contribution in [-0.2, 0) is 17.1 Å². The Balaban J connectivity index is 1.53. The van der Waals surface area contributed by atoms with Crippen LogP contribution in [0.5, 0.6) is 0 Å². The third kappa shape index (κ3) is 4.51. The summed E-state index contributed by atoms with van der Waals surface area (Å²) in [7, 11) is -2.00. The highest BCUT2D eigenvalue weighted by Gasteiger charge is 2.19. The predicted octanol–water partition coefficient (Wildman–Crippen LogP) is 3.85. The van der Waals surface area contributed by atoms with E-state index in [-0.39, 0.29) is 21.7 Å². The average molecular weight is 477 g/mol. The summed E-state index contributed by atoms with van der Waals surface area (Å²) in [5, 5.41) is 2.69. The van der Waals surface area contributed by atoms with Crippen molar-refractivity contribution in [2.45, 2.75) is 18.7 Å². The maximum absolute atomic E-state index is 13.0. The zero-order valence-corrected chi connectivity index (χ0v) is 19.8. The first-order valence-electron chi connectivity index (χ1n) is 10.5. The average Bonchev–Trinajstić information content (AvgIpc) is 3.03. The maximum Gasteiger partial charge on any atom is 0.295 e. The minimum atomic E-state index is -3.75. The summed E-state index contributed by atoms with van der Waals surface area (Å²) in [6, 6.07) is 21.6. The van der Waals surface area contributed by atoms with Gasteiger partial charge in [-0.3, -0.25) is 19.0 Å². The number of carbonyl (C=O) groups excluding carboxylic acids is 1. The second-order valence-corrected chi connectivity index (χ2v) is 9.57. The highest BCUT2D eigenvalue weighted by molar-refractivity contribution is 7.92. The Morgan fingerprint density at radius 3 is 2.09 bits per heavy atom. The quantitative estimate of drug-likeness (QED) is 0.441. The van der Waals surface area contributed by atoms with Gasteiger partial charge in [0.25, 0.3) is 21.5 Å².